The predicted molar refractivity (Wildman–Crippen MR) is 88.9 cm³/mol. The van der Waals surface area contributed by atoms with Crippen LogP contribution in [0.15, 0.2) is 6.20 Å². The van der Waals surface area contributed by atoms with E-state index < -0.39 is 10.0 Å². The summed E-state index contributed by atoms with van der Waals surface area (Å²) in [7, 11) is -3.25. The number of nitrogens with zero attached hydrogens (tertiary/aromatic N) is 3. The van der Waals surface area contributed by atoms with Gasteiger partial charge in [0.25, 0.3) is 0 Å². The van der Waals surface area contributed by atoms with Gasteiger partial charge in [0.2, 0.25) is 15.3 Å². The Balaban J connectivity index is 1.66. The Labute approximate surface area is 145 Å². The molecule has 4 rings (SSSR count). The van der Waals surface area contributed by atoms with Crippen LogP contribution >= 0.6 is 23.2 Å². The minimum Gasteiger partial charge on any atom is -0.352 e. The Morgan fingerprint density at radius 1 is 1.22 bits per heavy atom. The Morgan fingerprint density at radius 2 is 2.00 bits per heavy atom. The molecule has 3 fully saturated rings. The fourth-order valence-corrected chi connectivity index (χ4v) is 6.17. The number of hydrogen-bond acceptors (Lipinski definition) is 5. The van der Waals surface area contributed by atoms with Crippen LogP contribution < -0.4 is 5.32 Å². The van der Waals surface area contributed by atoms with Crippen molar-refractivity contribution in [2.45, 2.75) is 43.5 Å². The predicted octanol–water partition coefficient (Wildman–Crippen LogP) is 2.75. The lowest BCUT2D eigenvalue weighted by Crippen LogP contribution is -2.44. The maximum absolute atomic E-state index is 12.8. The lowest BCUT2D eigenvalue weighted by molar-refractivity contribution is 0.360. The van der Waals surface area contributed by atoms with Gasteiger partial charge in [0.15, 0.2) is 5.82 Å². The number of aromatic nitrogens is 2. The summed E-state index contributed by atoms with van der Waals surface area (Å²) in [6.45, 7) is 0.595. The third-order valence-electron chi connectivity index (χ3n) is 5.12. The Morgan fingerprint density at radius 3 is 2.74 bits per heavy atom. The van der Waals surface area contributed by atoms with Gasteiger partial charge in [-0.3, -0.25) is 0 Å². The van der Waals surface area contributed by atoms with E-state index in [1.54, 1.807) is 4.31 Å². The molecule has 3 atom stereocenters. The summed E-state index contributed by atoms with van der Waals surface area (Å²) >= 11 is 12.0. The molecule has 2 heterocycles. The molecule has 0 amide bonds. The molecule has 9 heteroatoms. The fourth-order valence-electron chi connectivity index (χ4n) is 3.85. The molecule has 0 bridgehead atoms. The maximum atomic E-state index is 12.8. The molecule has 0 aromatic carbocycles. The van der Waals surface area contributed by atoms with Gasteiger partial charge in [-0.15, -0.1) is 0 Å². The first kappa shape index (κ1) is 15.9. The van der Waals surface area contributed by atoms with Gasteiger partial charge in [0.1, 0.15) is 5.02 Å². The summed E-state index contributed by atoms with van der Waals surface area (Å²) in [5.41, 5.74) is 0. The van der Waals surface area contributed by atoms with Gasteiger partial charge in [0.05, 0.1) is 17.6 Å². The highest BCUT2D eigenvalue weighted by Crippen LogP contribution is 2.46. The van der Waals surface area contributed by atoms with Crippen LogP contribution in [-0.2, 0) is 10.0 Å². The number of rotatable bonds is 4. The summed E-state index contributed by atoms with van der Waals surface area (Å²) in [5, 5.41) is 3.47. The van der Waals surface area contributed by atoms with Crippen molar-refractivity contribution < 1.29 is 8.42 Å². The summed E-state index contributed by atoms with van der Waals surface area (Å²) in [5.74, 6) is 1.12. The van der Waals surface area contributed by atoms with Crippen LogP contribution in [-0.4, -0.2) is 40.7 Å². The molecule has 1 aliphatic heterocycles. The summed E-state index contributed by atoms with van der Waals surface area (Å²) in [4.78, 5) is 7.95. The minimum atomic E-state index is -3.25. The van der Waals surface area contributed by atoms with Gasteiger partial charge in [-0.05, 0) is 49.1 Å². The van der Waals surface area contributed by atoms with E-state index in [9.17, 15) is 8.42 Å². The Bertz CT molecular complexity index is 725. The van der Waals surface area contributed by atoms with Gasteiger partial charge in [-0.1, -0.05) is 18.0 Å². The second-order valence-corrected chi connectivity index (χ2v) is 9.50. The monoisotopic (exact) mass is 376 g/mol. The molecular weight excluding hydrogens is 359 g/mol. The molecule has 1 aromatic rings. The van der Waals surface area contributed by atoms with Crippen LogP contribution in [0, 0.1) is 11.8 Å². The number of nitrogens with one attached hydrogen (secondary N) is 1. The number of sulfonamides is 1. The highest BCUT2D eigenvalue weighted by molar-refractivity contribution is 7.90. The van der Waals surface area contributed by atoms with E-state index in [0.29, 0.717) is 29.2 Å². The highest BCUT2D eigenvalue weighted by Gasteiger charge is 2.52. The molecule has 2 aliphatic carbocycles. The van der Waals surface area contributed by atoms with Gasteiger partial charge < -0.3 is 5.32 Å². The summed E-state index contributed by atoms with van der Waals surface area (Å²) < 4.78 is 27.2. The molecule has 0 radical (unpaired) electrons. The van der Waals surface area contributed by atoms with Crippen LogP contribution in [0.4, 0.5) is 5.82 Å². The van der Waals surface area contributed by atoms with E-state index in [-0.39, 0.29) is 16.7 Å². The highest BCUT2D eigenvalue weighted by atomic mass is 35.5. The maximum Gasteiger partial charge on any atom is 0.224 e. The standard InChI is InChI=1S/C14H18Cl2N4O2S/c15-11-6-17-14(16)19-12(11)18-13-10-3-1-2-8(10)7-20(13)23(21,22)9-4-5-9/h6,8-10,13H,1-5,7H2,(H,17,18,19). The third-order valence-corrected chi connectivity index (χ3v) is 7.92. The molecule has 3 aliphatic rings. The average molecular weight is 377 g/mol. The Hall–Kier alpha value is -0.630. The van der Waals surface area contributed by atoms with E-state index in [0.717, 1.165) is 32.1 Å². The average Bonchev–Trinajstić information content (AvgIpc) is 3.17. The van der Waals surface area contributed by atoms with Crippen LogP contribution in [0.3, 0.4) is 0 Å². The number of halogens is 2. The van der Waals surface area contributed by atoms with E-state index in [1.165, 1.54) is 6.20 Å². The van der Waals surface area contributed by atoms with Crippen molar-refractivity contribution in [3.63, 3.8) is 0 Å². The smallest absolute Gasteiger partial charge is 0.224 e. The Kier molecular flexibility index (Phi) is 3.95. The first-order chi connectivity index (χ1) is 11.0. The molecule has 1 aromatic heterocycles. The second kappa shape index (κ2) is 5.72. The van der Waals surface area contributed by atoms with Crippen LogP contribution in [0.25, 0.3) is 0 Å². The van der Waals surface area contributed by atoms with E-state index in [4.69, 9.17) is 23.2 Å². The van der Waals surface area contributed by atoms with Gasteiger partial charge >= 0.3 is 0 Å². The van der Waals surface area contributed by atoms with Crippen molar-refractivity contribution in [3.05, 3.63) is 16.5 Å². The molecule has 6 nitrogen and oxygen atoms in total. The zero-order valence-corrected chi connectivity index (χ0v) is 14.8. The third kappa shape index (κ3) is 2.81. The quantitative estimate of drug-likeness (QED) is 0.817. The van der Waals surface area contributed by atoms with Gasteiger partial charge in [-0.2, -0.15) is 9.29 Å². The molecule has 126 valence electrons. The first-order valence-electron chi connectivity index (χ1n) is 7.92. The molecule has 0 spiro atoms. The SMILES string of the molecule is O=S(=O)(C1CC1)N1CC2CCCC2C1Nc1nc(Cl)ncc1Cl. The first-order valence-corrected chi connectivity index (χ1v) is 10.2. The van der Waals surface area contributed by atoms with Crippen molar-refractivity contribution in [2.75, 3.05) is 11.9 Å². The topological polar surface area (TPSA) is 75.2 Å². The second-order valence-electron chi connectivity index (χ2n) is 6.59. The van der Waals surface area contributed by atoms with E-state index >= 15 is 0 Å². The largest absolute Gasteiger partial charge is 0.352 e. The minimum absolute atomic E-state index is 0.0921. The normalized spacial score (nSPS) is 31.3. The van der Waals surface area contributed by atoms with Crippen LogP contribution in [0.1, 0.15) is 32.1 Å². The molecule has 1 saturated heterocycles. The molecule has 23 heavy (non-hydrogen) atoms. The molecule has 2 saturated carbocycles. The number of fused-ring (bicyclic) bond motifs is 1. The van der Waals surface area contributed by atoms with E-state index in [1.807, 2.05) is 0 Å². The van der Waals surface area contributed by atoms with Crippen molar-refractivity contribution in [1.29, 1.82) is 0 Å². The lowest BCUT2D eigenvalue weighted by atomic mass is 9.98. The van der Waals surface area contributed by atoms with Crippen LogP contribution in [0.2, 0.25) is 10.3 Å². The molecule has 3 unspecified atom stereocenters. The van der Waals surface area contributed by atoms with Gasteiger partial charge in [0, 0.05) is 6.54 Å². The van der Waals surface area contributed by atoms with Crippen molar-refractivity contribution in [2.24, 2.45) is 11.8 Å². The van der Waals surface area contributed by atoms with Crippen molar-refractivity contribution in [1.82, 2.24) is 14.3 Å². The van der Waals surface area contributed by atoms with E-state index in [2.05, 4.69) is 15.3 Å². The number of hydrogen-bond donors (Lipinski definition) is 1. The summed E-state index contributed by atoms with van der Waals surface area (Å²) in [6.07, 6.45) is 5.91. The van der Waals surface area contributed by atoms with Crippen LogP contribution in [0.5, 0.6) is 0 Å². The summed E-state index contributed by atoms with van der Waals surface area (Å²) in [6, 6.07) is 0. The fraction of sp³-hybridized carbons (Fsp3) is 0.714. The lowest BCUT2D eigenvalue weighted by Gasteiger charge is -2.28. The van der Waals surface area contributed by atoms with Gasteiger partial charge in [-0.25, -0.2) is 13.4 Å². The van der Waals surface area contributed by atoms with Crippen molar-refractivity contribution in [3.8, 4) is 0 Å². The van der Waals surface area contributed by atoms with Crippen molar-refractivity contribution >= 4 is 39.0 Å². The molecular formula is C14H18Cl2N4O2S. The number of anilines is 1. The zero-order valence-electron chi connectivity index (χ0n) is 12.5. The zero-order chi connectivity index (χ0) is 16.2. The molecule has 1 N–H and O–H groups in total.